The predicted octanol–water partition coefficient (Wildman–Crippen LogP) is 3.21. The summed E-state index contributed by atoms with van der Waals surface area (Å²) in [5, 5.41) is 0.654. The van der Waals surface area contributed by atoms with Crippen molar-refractivity contribution in [2.75, 3.05) is 11.4 Å². The molecule has 1 saturated carbocycles. The van der Waals surface area contributed by atoms with Crippen LogP contribution in [0.5, 0.6) is 0 Å². The average Bonchev–Trinajstić information content (AvgIpc) is 2.76. The second-order valence-electron chi connectivity index (χ2n) is 5.18. The highest BCUT2D eigenvalue weighted by Gasteiger charge is 2.28. The van der Waals surface area contributed by atoms with Crippen LogP contribution in [-0.2, 0) is 4.79 Å². The molecule has 1 aliphatic rings. The fraction of sp³-hybridized carbons (Fsp3) is 0.533. The maximum atomic E-state index is 12.4. The van der Waals surface area contributed by atoms with Gasteiger partial charge in [-0.05, 0) is 43.9 Å². The normalized spacial score (nSPS) is 22.5. The highest BCUT2D eigenvalue weighted by Crippen LogP contribution is 2.28. The lowest BCUT2D eigenvalue weighted by Crippen LogP contribution is -2.35. The molecule has 1 aromatic rings. The van der Waals surface area contributed by atoms with Crippen molar-refractivity contribution in [2.24, 2.45) is 11.7 Å². The van der Waals surface area contributed by atoms with E-state index in [1.165, 1.54) is 0 Å². The first-order chi connectivity index (χ1) is 9.11. The van der Waals surface area contributed by atoms with Gasteiger partial charge in [0.05, 0.1) is 0 Å². The van der Waals surface area contributed by atoms with Crippen LogP contribution in [0.25, 0.3) is 0 Å². The number of nitrogens with two attached hydrogens (primary N) is 1. The van der Waals surface area contributed by atoms with E-state index in [-0.39, 0.29) is 11.9 Å². The number of nitrogens with zero attached hydrogens (tertiary/aromatic N) is 1. The summed E-state index contributed by atoms with van der Waals surface area (Å²) < 4.78 is 0. The summed E-state index contributed by atoms with van der Waals surface area (Å²) in [5.74, 6) is 0.479. The first-order valence-electron chi connectivity index (χ1n) is 6.93. The average molecular weight is 281 g/mol. The standard InChI is InChI=1S/C15H21ClN2O/c1-2-18(13-7-4-6-12(16)10-13)15(19)9-11-5-3-8-14(11)17/h4,6-7,10-11,14H,2-3,5,8-9,17H2,1H3/t11-,14+/m0/s1. The minimum atomic E-state index is 0.145. The minimum Gasteiger partial charge on any atom is -0.327 e. The lowest BCUT2D eigenvalue weighted by Gasteiger charge is -2.24. The second-order valence-corrected chi connectivity index (χ2v) is 5.61. The van der Waals surface area contributed by atoms with Crippen LogP contribution in [0.15, 0.2) is 24.3 Å². The molecule has 1 aliphatic carbocycles. The van der Waals surface area contributed by atoms with Gasteiger partial charge in [-0.15, -0.1) is 0 Å². The zero-order valence-electron chi connectivity index (χ0n) is 11.3. The number of carbonyl (C=O) groups excluding carboxylic acids is 1. The van der Waals surface area contributed by atoms with Crippen molar-refractivity contribution in [1.29, 1.82) is 0 Å². The Morgan fingerprint density at radius 3 is 2.84 bits per heavy atom. The Labute approximate surface area is 119 Å². The Morgan fingerprint density at radius 1 is 1.47 bits per heavy atom. The quantitative estimate of drug-likeness (QED) is 0.920. The van der Waals surface area contributed by atoms with Crippen molar-refractivity contribution < 1.29 is 4.79 Å². The Balaban J connectivity index is 2.06. The van der Waals surface area contributed by atoms with Crippen LogP contribution < -0.4 is 10.6 Å². The third kappa shape index (κ3) is 3.48. The van der Waals surface area contributed by atoms with Gasteiger partial charge >= 0.3 is 0 Å². The van der Waals surface area contributed by atoms with Crippen LogP contribution in [0.2, 0.25) is 5.02 Å². The highest BCUT2D eigenvalue weighted by molar-refractivity contribution is 6.30. The van der Waals surface area contributed by atoms with Gasteiger partial charge in [0, 0.05) is 29.7 Å². The molecule has 0 bridgehead atoms. The van der Waals surface area contributed by atoms with E-state index in [0.29, 0.717) is 23.9 Å². The molecule has 2 atom stereocenters. The molecule has 0 unspecified atom stereocenters. The molecule has 4 heteroatoms. The Hall–Kier alpha value is -1.06. The van der Waals surface area contributed by atoms with Gasteiger partial charge in [-0.25, -0.2) is 0 Å². The smallest absolute Gasteiger partial charge is 0.227 e. The monoisotopic (exact) mass is 280 g/mol. The van der Waals surface area contributed by atoms with E-state index in [0.717, 1.165) is 24.9 Å². The Bertz CT molecular complexity index is 450. The molecule has 19 heavy (non-hydrogen) atoms. The van der Waals surface area contributed by atoms with Crippen molar-refractivity contribution >= 4 is 23.2 Å². The van der Waals surface area contributed by atoms with E-state index in [1.54, 1.807) is 4.90 Å². The molecule has 2 rings (SSSR count). The minimum absolute atomic E-state index is 0.145. The maximum Gasteiger partial charge on any atom is 0.227 e. The molecular formula is C15H21ClN2O. The lowest BCUT2D eigenvalue weighted by molar-refractivity contribution is -0.119. The molecule has 104 valence electrons. The van der Waals surface area contributed by atoms with Gasteiger partial charge in [0.15, 0.2) is 0 Å². The van der Waals surface area contributed by atoms with Crippen LogP contribution in [0.1, 0.15) is 32.6 Å². The van der Waals surface area contributed by atoms with Crippen molar-refractivity contribution in [2.45, 2.75) is 38.6 Å². The SMILES string of the molecule is CCN(C(=O)C[C@@H]1CCC[C@H]1N)c1cccc(Cl)c1. The first-order valence-corrected chi connectivity index (χ1v) is 7.31. The van der Waals surface area contributed by atoms with Gasteiger partial charge in [-0.3, -0.25) is 4.79 Å². The van der Waals surface area contributed by atoms with Crippen molar-refractivity contribution in [3.8, 4) is 0 Å². The fourth-order valence-electron chi connectivity index (χ4n) is 2.80. The summed E-state index contributed by atoms with van der Waals surface area (Å²) in [6.45, 7) is 2.63. The summed E-state index contributed by atoms with van der Waals surface area (Å²) in [6, 6.07) is 7.62. The summed E-state index contributed by atoms with van der Waals surface area (Å²) in [7, 11) is 0. The molecule has 0 heterocycles. The van der Waals surface area contributed by atoms with E-state index in [4.69, 9.17) is 17.3 Å². The molecule has 0 spiro atoms. The van der Waals surface area contributed by atoms with Crippen LogP contribution in [0.3, 0.4) is 0 Å². The van der Waals surface area contributed by atoms with Crippen LogP contribution in [0.4, 0.5) is 5.69 Å². The summed E-state index contributed by atoms with van der Waals surface area (Å²) in [4.78, 5) is 14.2. The lowest BCUT2D eigenvalue weighted by atomic mass is 9.99. The van der Waals surface area contributed by atoms with Gasteiger partial charge in [-0.2, -0.15) is 0 Å². The van der Waals surface area contributed by atoms with Gasteiger partial charge < -0.3 is 10.6 Å². The Morgan fingerprint density at radius 2 is 2.26 bits per heavy atom. The number of hydrogen-bond donors (Lipinski definition) is 1. The third-order valence-corrected chi connectivity index (χ3v) is 4.13. The third-order valence-electron chi connectivity index (χ3n) is 3.89. The zero-order valence-corrected chi connectivity index (χ0v) is 12.1. The number of carbonyl (C=O) groups is 1. The number of anilines is 1. The highest BCUT2D eigenvalue weighted by atomic mass is 35.5. The summed E-state index contributed by atoms with van der Waals surface area (Å²) >= 11 is 5.99. The zero-order chi connectivity index (χ0) is 13.8. The van der Waals surface area contributed by atoms with E-state index in [2.05, 4.69) is 0 Å². The predicted molar refractivity (Wildman–Crippen MR) is 79.4 cm³/mol. The molecule has 1 fully saturated rings. The summed E-state index contributed by atoms with van der Waals surface area (Å²) in [5.41, 5.74) is 6.91. The van der Waals surface area contributed by atoms with Gasteiger partial charge in [-0.1, -0.05) is 24.1 Å². The molecule has 0 aliphatic heterocycles. The van der Waals surface area contributed by atoms with Gasteiger partial charge in [0.25, 0.3) is 0 Å². The fourth-order valence-corrected chi connectivity index (χ4v) is 2.98. The van der Waals surface area contributed by atoms with Crippen molar-refractivity contribution in [3.63, 3.8) is 0 Å². The molecule has 1 aromatic carbocycles. The number of benzene rings is 1. The molecule has 3 nitrogen and oxygen atoms in total. The van der Waals surface area contributed by atoms with E-state index < -0.39 is 0 Å². The molecular weight excluding hydrogens is 260 g/mol. The molecule has 0 radical (unpaired) electrons. The molecule has 2 N–H and O–H groups in total. The van der Waals surface area contributed by atoms with E-state index in [1.807, 2.05) is 31.2 Å². The number of amides is 1. The summed E-state index contributed by atoms with van der Waals surface area (Å²) in [6.07, 6.45) is 3.80. The molecule has 1 amide bonds. The van der Waals surface area contributed by atoms with Crippen LogP contribution >= 0.6 is 11.6 Å². The van der Waals surface area contributed by atoms with Gasteiger partial charge in [0.2, 0.25) is 5.91 Å². The Kier molecular flexibility index (Phi) is 4.83. The molecule has 0 saturated heterocycles. The molecule has 0 aromatic heterocycles. The largest absolute Gasteiger partial charge is 0.327 e. The van der Waals surface area contributed by atoms with Gasteiger partial charge in [0.1, 0.15) is 0 Å². The number of halogens is 1. The van der Waals surface area contributed by atoms with Crippen LogP contribution in [-0.4, -0.2) is 18.5 Å². The topological polar surface area (TPSA) is 46.3 Å². The number of rotatable bonds is 4. The van der Waals surface area contributed by atoms with Crippen molar-refractivity contribution in [3.05, 3.63) is 29.3 Å². The van der Waals surface area contributed by atoms with E-state index in [9.17, 15) is 4.79 Å². The van der Waals surface area contributed by atoms with Crippen LogP contribution in [0, 0.1) is 5.92 Å². The second kappa shape index (κ2) is 6.40. The number of hydrogen-bond acceptors (Lipinski definition) is 2. The maximum absolute atomic E-state index is 12.4. The van der Waals surface area contributed by atoms with E-state index >= 15 is 0 Å². The van der Waals surface area contributed by atoms with Crippen molar-refractivity contribution in [1.82, 2.24) is 0 Å². The first kappa shape index (κ1) is 14.4.